The van der Waals surface area contributed by atoms with E-state index in [-0.39, 0.29) is 22.8 Å². The normalized spacial score (nSPS) is 11.8. The lowest BCUT2D eigenvalue weighted by atomic mass is 10.1. The summed E-state index contributed by atoms with van der Waals surface area (Å²) in [5, 5.41) is 8.47. The Kier molecular flexibility index (Phi) is 6.57. The predicted octanol–water partition coefficient (Wildman–Crippen LogP) is 5.13. The summed E-state index contributed by atoms with van der Waals surface area (Å²) in [6.45, 7) is 1.13. The van der Waals surface area contributed by atoms with Gasteiger partial charge >= 0.3 is 12.4 Å². The second kappa shape index (κ2) is 9.08. The number of methoxy groups -OCH3 is 1. The zero-order valence-corrected chi connectivity index (χ0v) is 17.5. The first-order valence-electron chi connectivity index (χ1n) is 9.41. The zero-order valence-electron chi connectivity index (χ0n) is 17.5. The van der Waals surface area contributed by atoms with E-state index in [1.807, 2.05) is 0 Å². The molecule has 2 N–H and O–H groups in total. The quantitative estimate of drug-likeness (QED) is 0.490. The van der Waals surface area contributed by atoms with E-state index >= 15 is 0 Å². The van der Waals surface area contributed by atoms with Crippen LogP contribution in [0.1, 0.15) is 28.5 Å². The minimum absolute atomic E-state index is 0.0369. The summed E-state index contributed by atoms with van der Waals surface area (Å²) < 4.78 is 84.5. The minimum atomic E-state index is -4.73. The van der Waals surface area contributed by atoms with E-state index in [4.69, 9.17) is 4.74 Å². The van der Waals surface area contributed by atoms with Gasteiger partial charge in [-0.1, -0.05) is 6.07 Å². The SMILES string of the molecule is COc1cn(-c2cccc(C(F)(F)F)c2)nc1C(=O)Nc1cc(C(F)(F)F)ccc1NC(C)=O. The molecule has 0 saturated carbocycles. The monoisotopic (exact) mass is 486 g/mol. The summed E-state index contributed by atoms with van der Waals surface area (Å²) in [5.41, 5.74) is -2.96. The molecule has 0 bridgehead atoms. The van der Waals surface area contributed by atoms with Crippen LogP contribution in [0.5, 0.6) is 5.75 Å². The summed E-state index contributed by atoms with van der Waals surface area (Å²) in [7, 11) is 1.18. The number of anilines is 2. The van der Waals surface area contributed by atoms with E-state index in [2.05, 4.69) is 15.7 Å². The number of aromatic nitrogens is 2. The molecule has 13 heteroatoms. The molecule has 180 valence electrons. The molecule has 0 spiro atoms. The molecule has 1 heterocycles. The Morgan fingerprint density at radius 1 is 0.912 bits per heavy atom. The minimum Gasteiger partial charge on any atom is -0.493 e. The Labute approximate surface area is 188 Å². The molecule has 3 aromatic rings. The Balaban J connectivity index is 1.99. The Bertz CT molecular complexity index is 1230. The standard InChI is InChI=1S/C21H16F6N4O3/c1-11(32)28-15-7-6-13(21(25,26)27)9-16(15)29-19(33)18-17(34-2)10-31(30-18)14-5-3-4-12(8-14)20(22,23)24/h3-10H,1-2H3,(H,28,32)(H,29,33). The van der Waals surface area contributed by atoms with Crippen molar-refractivity contribution in [3.8, 4) is 11.4 Å². The van der Waals surface area contributed by atoms with Crippen LogP contribution < -0.4 is 15.4 Å². The van der Waals surface area contributed by atoms with Crippen LogP contribution in [0.2, 0.25) is 0 Å². The van der Waals surface area contributed by atoms with Crippen LogP contribution in [0.4, 0.5) is 37.7 Å². The maximum Gasteiger partial charge on any atom is 0.416 e. The van der Waals surface area contributed by atoms with Crippen molar-refractivity contribution in [2.75, 3.05) is 17.7 Å². The number of hydrogen-bond donors (Lipinski definition) is 2. The predicted molar refractivity (Wildman–Crippen MR) is 109 cm³/mol. The van der Waals surface area contributed by atoms with Crippen LogP contribution in [0.25, 0.3) is 5.69 Å². The zero-order chi connectivity index (χ0) is 25.3. The molecule has 0 saturated heterocycles. The number of hydrogen-bond acceptors (Lipinski definition) is 4. The van der Waals surface area contributed by atoms with Gasteiger partial charge in [0.05, 0.1) is 41.5 Å². The van der Waals surface area contributed by atoms with Crippen LogP contribution >= 0.6 is 0 Å². The lowest BCUT2D eigenvalue weighted by molar-refractivity contribution is -0.138. The van der Waals surface area contributed by atoms with Gasteiger partial charge in [0.1, 0.15) is 0 Å². The van der Waals surface area contributed by atoms with Crippen molar-refractivity contribution in [2.45, 2.75) is 19.3 Å². The Hall–Kier alpha value is -4.03. The smallest absolute Gasteiger partial charge is 0.416 e. The molecule has 2 aromatic carbocycles. The number of halogens is 6. The summed E-state index contributed by atoms with van der Waals surface area (Å²) in [6, 6.07) is 6.44. The molecule has 0 aliphatic heterocycles. The first-order chi connectivity index (χ1) is 15.8. The Morgan fingerprint density at radius 3 is 2.15 bits per heavy atom. The fraction of sp³-hybridized carbons (Fsp3) is 0.190. The van der Waals surface area contributed by atoms with E-state index in [0.717, 1.165) is 48.1 Å². The average Bonchev–Trinajstić information content (AvgIpc) is 3.18. The fourth-order valence-corrected chi connectivity index (χ4v) is 2.93. The molecule has 0 atom stereocenters. The number of carbonyl (C=O) groups is 2. The third kappa shape index (κ3) is 5.47. The lowest BCUT2D eigenvalue weighted by Gasteiger charge is -2.14. The number of ether oxygens (including phenoxy) is 1. The van der Waals surface area contributed by atoms with Gasteiger partial charge in [0.2, 0.25) is 5.91 Å². The maximum absolute atomic E-state index is 13.1. The molecule has 0 aliphatic rings. The van der Waals surface area contributed by atoms with E-state index in [9.17, 15) is 35.9 Å². The third-order valence-electron chi connectivity index (χ3n) is 4.46. The fourth-order valence-electron chi connectivity index (χ4n) is 2.93. The second-order valence-electron chi connectivity index (χ2n) is 6.93. The number of benzene rings is 2. The van der Waals surface area contributed by atoms with Crippen molar-refractivity contribution < 1.29 is 40.7 Å². The van der Waals surface area contributed by atoms with Crippen LogP contribution in [0.15, 0.2) is 48.7 Å². The van der Waals surface area contributed by atoms with Gasteiger partial charge in [-0.25, -0.2) is 4.68 Å². The molecule has 3 rings (SSSR count). The van der Waals surface area contributed by atoms with E-state index in [0.29, 0.717) is 6.07 Å². The number of rotatable bonds is 5. The summed E-state index contributed by atoms with van der Waals surface area (Å²) in [6.07, 6.45) is -8.20. The van der Waals surface area contributed by atoms with Gasteiger partial charge in [-0.15, -0.1) is 0 Å². The van der Waals surface area contributed by atoms with Crippen molar-refractivity contribution in [1.29, 1.82) is 0 Å². The molecule has 0 radical (unpaired) electrons. The molecule has 0 unspecified atom stereocenters. The van der Waals surface area contributed by atoms with Crippen molar-refractivity contribution in [3.63, 3.8) is 0 Å². The van der Waals surface area contributed by atoms with Crippen molar-refractivity contribution >= 4 is 23.2 Å². The first-order valence-corrected chi connectivity index (χ1v) is 9.41. The highest BCUT2D eigenvalue weighted by atomic mass is 19.4. The van der Waals surface area contributed by atoms with E-state index < -0.39 is 41.0 Å². The molecule has 7 nitrogen and oxygen atoms in total. The number of nitrogens with one attached hydrogen (secondary N) is 2. The summed E-state index contributed by atoms with van der Waals surface area (Å²) in [4.78, 5) is 24.2. The van der Waals surface area contributed by atoms with Crippen LogP contribution in [0.3, 0.4) is 0 Å². The number of nitrogens with zero attached hydrogens (tertiary/aromatic N) is 2. The van der Waals surface area contributed by atoms with Crippen LogP contribution in [0, 0.1) is 0 Å². The molecule has 0 fully saturated rings. The Morgan fingerprint density at radius 2 is 1.56 bits per heavy atom. The second-order valence-corrected chi connectivity index (χ2v) is 6.93. The van der Waals surface area contributed by atoms with Gasteiger partial charge in [-0.3, -0.25) is 9.59 Å². The summed E-state index contributed by atoms with van der Waals surface area (Å²) >= 11 is 0. The van der Waals surface area contributed by atoms with Crippen molar-refractivity contribution in [1.82, 2.24) is 9.78 Å². The molecular weight excluding hydrogens is 470 g/mol. The molecular formula is C21H16F6N4O3. The van der Waals surface area contributed by atoms with Crippen molar-refractivity contribution in [3.05, 3.63) is 65.5 Å². The maximum atomic E-state index is 13.1. The number of alkyl halides is 6. The highest BCUT2D eigenvalue weighted by Crippen LogP contribution is 2.35. The van der Waals surface area contributed by atoms with Gasteiger partial charge in [0.15, 0.2) is 11.4 Å². The van der Waals surface area contributed by atoms with Gasteiger partial charge in [-0.2, -0.15) is 31.4 Å². The molecule has 0 aliphatic carbocycles. The van der Waals surface area contributed by atoms with Gasteiger partial charge in [-0.05, 0) is 36.4 Å². The largest absolute Gasteiger partial charge is 0.493 e. The van der Waals surface area contributed by atoms with Gasteiger partial charge in [0, 0.05) is 6.92 Å². The van der Waals surface area contributed by atoms with Gasteiger partial charge < -0.3 is 15.4 Å². The van der Waals surface area contributed by atoms with Crippen LogP contribution in [-0.2, 0) is 17.1 Å². The van der Waals surface area contributed by atoms with Crippen LogP contribution in [-0.4, -0.2) is 28.7 Å². The highest BCUT2D eigenvalue weighted by Gasteiger charge is 2.32. The molecule has 34 heavy (non-hydrogen) atoms. The highest BCUT2D eigenvalue weighted by molar-refractivity contribution is 6.07. The third-order valence-corrected chi connectivity index (χ3v) is 4.46. The molecule has 1 aromatic heterocycles. The van der Waals surface area contributed by atoms with Gasteiger partial charge in [0.25, 0.3) is 5.91 Å². The molecule has 2 amide bonds. The number of amides is 2. The first kappa shape index (κ1) is 24.6. The lowest BCUT2D eigenvalue weighted by Crippen LogP contribution is -2.18. The van der Waals surface area contributed by atoms with Crippen molar-refractivity contribution in [2.24, 2.45) is 0 Å². The number of carbonyl (C=O) groups excluding carboxylic acids is 2. The van der Waals surface area contributed by atoms with E-state index in [1.54, 1.807) is 0 Å². The topological polar surface area (TPSA) is 85.2 Å². The van der Waals surface area contributed by atoms with E-state index in [1.165, 1.54) is 13.2 Å². The average molecular weight is 486 g/mol. The summed E-state index contributed by atoms with van der Waals surface area (Å²) in [5.74, 6) is -1.77.